The average molecular weight is 321 g/mol. The monoisotopic (exact) mass is 321 g/mol. The maximum Gasteiger partial charge on any atom is 0.230 e. The minimum Gasteiger partial charge on any atom is -0.349 e. The zero-order valence-electron chi connectivity index (χ0n) is 12.4. The predicted octanol–water partition coefficient (Wildman–Crippen LogP) is 4.24. The summed E-state index contributed by atoms with van der Waals surface area (Å²) in [6.45, 7) is 3.73. The van der Waals surface area contributed by atoms with Crippen molar-refractivity contribution in [1.29, 1.82) is 0 Å². The van der Waals surface area contributed by atoms with Crippen LogP contribution in [-0.2, 0) is 4.79 Å². The number of carbonyl (C=O) groups is 1. The van der Waals surface area contributed by atoms with Crippen LogP contribution >= 0.6 is 11.8 Å². The summed E-state index contributed by atoms with van der Waals surface area (Å²) < 4.78 is 26.1. The smallest absolute Gasteiger partial charge is 0.230 e. The molecule has 0 aliphatic heterocycles. The van der Waals surface area contributed by atoms with Crippen LogP contribution in [0.25, 0.3) is 0 Å². The fourth-order valence-electron chi connectivity index (χ4n) is 2.01. The maximum absolute atomic E-state index is 13.2. The van der Waals surface area contributed by atoms with Gasteiger partial charge in [-0.3, -0.25) is 4.79 Å². The van der Waals surface area contributed by atoms with Crippen molar-refractivity contribution in [3.05, 3.63) is 65.2 Å². The number of nitrogens with one attached hydrogen (secondary N) is 1. The van der Waals surface area contributed by atoms with Crippen molar-refractivity contribution in [3.63, 3.8) is 0 Å². The quantitative estimate of drug-likeness (QED) is 0.835. The fraction of sp³-hybridized carbons (Fsp3) is 0.235. The van der Waals surface area contributed by atoms with Crippen LogP contribution in [0.2, 0.25) is 0 Å². The molecule has 2 rings (SSSR count). The third-order valence-corrected chi connectivity index (χ3v) is 4.45. The van der Waals surface area contributed by atoms with Crippen molar-refractivity contribution in [2.75, 3.05) is 5.75 Å². The number of thioether (sulfide) groups is 1. The van der Waals surface area contributed by atoms with Crippen LogP contribution in [0.1, 0.15) is 24.1 Å². The van der Waals surface area contributed by atoms with Crippen molar-refractivity contribution < 1.29 is 13.6 Å². The summed E-state index contributed by atoms with van der Waals surface area (Å²) >= 11 is 1.45. The fourth-order valence-corrected chi connectivity index (χ4v) is 2.85. The minimum absolute atomic E-state index is 0.148. The van der Waals surface area contributed by atoms with Gasteiger partial charge in [-0.2, -0.15) is 0 Å². The molecule has 1 atom stereocenters. The third kappa shape index (κ3) is 4.31. The Labute approximate surface area is 132 Å². The number of halogens is 2. The SMILES string of the molecule is Cc1ccccc1SCC(=O)NC(C)c1ccc(F)c(F)c1. The standard InChI is InChI=1S/C17H17F2NOS/c1-11-5-3-4-6-16(11)22-10-17(21)20-12(2)13-7-8-14(18)15(19)9-13/h3-9,12H,10H2,1-2H3,(H,20,21). The van der Waals surface area contributed by atoms with E-state index in [0.717, 1.165) is 22.6 Å². The molecular weight excluding hydrogens is 304 g/mol. The van der Waals surface area contributed by atoms with Gasteiger partial charge in [0, 0.05) is 4.90 Å². The molecule has 0 fully saturated rings. The molecule has 0 aliphatic carbocycles. The van der Waals surface area contributed by atoms with Gasteiger partial charge in [0.2, 0.25) is 5.91 Å². The van der Waals surface area contributed by atoms with E-state index in [-0.39, 0.29) is 17.7 Å². The first-order chi connectivity index (χ1) is 10.5. The zero-order valence-corrected chi connectivity index (χ0v) is 13.2. The first kappa shape index (κ1) is 16.5. The lowest BCUT2D eigenvalue weighted by molar-refractivity contribution is -0.119. The number of hydrogen-bond donors (Lipinski definition) is 1. The van der Waals surface area contributed by atoms with Crippen molar-refractivity contribution in [3.8, 4) is 0 Å². The lowest BCUT2D eigenvalue weighted by Crippen LogP contribution is -2.28. The minimum atomic E-state index is -0.909. The Morgan fingerprint density at radius 2 is 1.91 bits per heavy atom. The van der Waals surface area contributed by atoms with Crippen LogP contribution in [0, 0.1) is 18.6 Å². The van der Waals surface area contributed by atoms with E-state index in [1.807, 2.05) is 31.2 Å². The maximum atomic E-state index is 13.2. The molecule has 0 heterocycles. The molecule has 22 heavy (non-hydrogen) atoms. The van der Waals surface area contributed by atoms with Gasteiger partial charge in [0.15, 0.2) is 11.6 Å². The predicted molar refractivity (Wildman–Crippen MR) is 84.8 cm³/mol. The molecule has 2 nitrogen and oxygen atoms in total. The molecule has 1 unspecified atom stereocenters. The highest BCUT2D eigenvalue weighted by Gasteiger charge is 2.12. The second-order valence-electron chi connectivity index (χ2n) is 5.02. The number of rotatable bonds is 5. The number of carbonyl (C=O) groups excluding carboxylic acids is 1. The van der Waals surface area contributed by atoms with Gasteiger partial charge in [-0.1, -0.05) is 24.3 Å². The molecule has 2 aromatic rings. The Morgan fingerprint density at radius 1 is 1.18 bits per heavy atom. The number of hydrogen-bond acceptors (Lipinski definition) is 2. The first-order valence-electron chi connectivity index (χ1n) is 6.90. The number of aryl methyl sites for hydroxylation is 1. The van der Waals surface area contributed by atoms with Gasteiger partial charge in [-0.05, 0) is 43.2 Å². The van der Waals surface area contributed by atoms with Gasteiger partial charge < -0.3 is 5.32 Å². The zero-order chi connectivity index (χ0) is 16.1. The van der Waals surface area contributed by atoms with E-state index in [1.165, 1.54) is 17.8 Å². The second kappa shape index (κ2) is 7.40. The molecule has 5 heteroatoms. The summed E-state index contributed by atoms with van der Waals surface area (Å²) in [5.74, 6) is -1.67. The van der Waals surface area contributed by atoms with Crippen LogP contribution in [0.3, 0.4) is 0 Å². The summed E-state index contributed by atoms with van der Waals surface area (Å²) in [5, 5.41) is 2.78. The molecular formula is C17H17F2NOS. The molecule has 0 aliphatic rings. The van der Waals surface area contributed by atoms with E-state index in [4.69, 9.17) is 0 Å². The summed E-state index contributed by atoms with van der Waals surface area (Å²) in [6.07, 6.45) is 0. The molecule has 0 aromatic heterocycles. The van der Waals surface area contributed by atoms with Crippen LogP contribution in [0.4, 0.5) is 8.78 Å². The highest BCUT2D eigenvalue weighted by atomic mass is 32.2. The molecule has 0 spiro atoms. The number of benzene rings is 2. The average Bonchev–Trinajstić information content (AvgIpc) is 2.49. The number of amides is 1. The summed E-state index contributed by atoms with van der Waals surface area (Å²) in [4.78, 5) is 13.0. The van der Waals surface area contributed by atoms with Gasteiger partial charge in [0.25, 0.3) is 0 Å². The molecule has 0 saturated carbocycles. The molecule has 0 bridgehead atoms. The van der Waals surface area contributed by atoms with Gasteiger partial charge in [-0.25, -0.2) is 8.78 Å². The van der Waals surface area contributed by atoms with Crippen LogP contribution in [0.5, 0.6) is 0 Å². The highest BCUT2D eigenvalue weighted by molar-refractivity contribution is 8.00. The van der Waals surface area contributed by atoms with E-state index >= 15 is 0 Å². The van der Waals surface area contributed by atoms with E-state index in [9.17, 15) is 13.6 Å². The summed E-state index contributed by atoms with van der Waals surface area (Å²) in [6, 6.07) is 11.1. The Morgan fingerprint density at radius 3 is 2.59 bits per heavy atom. The van der Waals surface area contributed by atoms with Crippen LogP contribution in [0.15, 0.2) is 47.4 Å². The van der Waals surface area contributed by atoms with Gasteiger partial charge in [0.1, 0.15) is 0 Å². The van der Waals surface area contributed by atoms with Crippen molar-refractivity contribution in [2.24, 2.45) is 0 Å². The molecule has 1 N–H and O–H groups in total. The van der Waals surface area contributed by atoms with Crippen molar-refractivity contribution in [1.82, 2.24) is 5.32 Å². The van der Waals surface area contributed by atoms with Crippen molar-refractivity contribution in [2.45, 2.75) is 24.8 Å². The lowest BCUT2D eigenvalue weighted by Gasteiger charge is -2.14. The van der Waals surface area contributed by atoms with Gasteiger partial charge >= 0.3 is 0 Å². The molecule has 0 saturated heterocycles. The van der Waals surface area contributed by atoms with Crippen molar-refractivity contribution >= 4 is 17.7 Å². The lowest BCUT2D eigenvalue weighted by atomic mass is 10.1. The molecule has 0 radical (unpaired) electrons. The largest absolute Gasteiger partial charge is 0.349 e. The Balaban J connectivity index is 1.91. The Kier molecular flexibility index (Phi) is 5.55. The summed E-state index contributed by atoms with van der Waals surface area (Å²) in [7, 11) is 0. The van der Waals surface area contributed by atoms with E-state index in [2.05, 4.69) is 5.32 Å². The van der Waals surface area contributed by atoms with Gasteiger partial charge in [-0.15, -0.1) is 11.8 Å². The molecule has 116 valence electrons. The first-order valence-corrected chi connectivity index (χ1v) is 7.88. The molecule has 2 aromatic carbocycles. The second-order valence-corrected chi connectivity index (χ2v) is 6.03. The third-order valence-electron chi connectivity index (χ3n) is 3.27. The van der Waals surface area contributed by atoms with E-state index in [1.54, 1.807) is 6.92 Å². The van der Waals surface area contributed by atoms with E-state index < -0.39 is 11.6 Å². The van der Waals surface area contributed by atoms with Crippen LogP contribution < -0.4 is 5.32 Å². The van der Waals surface area contributed by atoms with Crippen LogP contribution in [-0.4, -0.2) is 11.7 Å². The van der Waals surface area contributed by atoms with E-state index in [0.29, 0.717) is 5.56 Å². The topological polar surface area (TPSA) is 29.1 Å². The summed E-state index contributed by atoms with van der Waals surface area (Å²) in [5.41, 5.74) is 1.65. The highest BCUT2D eigenvalue weighted by Crippen LogP contribution is 2.22. The van der Waals surface area contributed by atoms with Gasteiger partial charge in [0.05, 0.1) is 11.8 Å². The Bertz CT molecular complexity index is 675. The molecule has 1 amide bonds. The Hall–Kier alpha value is -1.88. The normalized spacial score (nSPS) is 12.0.